The maximum atomic E-state index is 12.5. The number of halogens is 7. The van der Waals surface area contributed by atoms with E-state index in [4.69, 9.17) is 11.6 Å². The van der Waals surface area contributed by atoms with Crippen molar-refractivity contribution in [2.75, 3.05) is 11.9 Å². The molecular weight excluding hydrogens is 388 g/mol. The van der Waals surface area contributed by atoms with E-state index in [0.717, 1.165) is 24.3 Å². The molecule has 0 spiro atoms. The number of rotatable bonds is 4. The van der Waals surface area contributed by atoms with E-state index in [1.165, 1.54) is 6.07 Å². The number of amides is 1. The fraction of sp³-hybridized carbons (Fsp3) is 0.188. The van der Waals surface area contributed by atoms with Crippen LogP contribution in [0.5, 0.6) is 5.75 Å². The first kappa shape index (κ1) is 19.9. The minimum Gasteiger partial charge on any atom is -0.482 e. The SMILES string of the molecule is O=C(Nc1cc(Cl)ccc1OCC(F)(F)F)c1ccc(C(F)(F)F)cc1. The maximum Gasteiger partial charge on any atom is 0.422 e. The molecule has 0 aromatic heterocycles. The van der Waals surface area contributed by atoms with E-state index in [9.17, 15) is 31.1 Å². The summed E-state index contributed by atoms with van der Waals surface area (Å²) in [5.41, 5.74) is -1.21. The molecule has 0 radical (unpaired) electrons. The number of hydrogen-bond acceptors (Lipinski definition) is 2. The average Bonchev–Trinajstić information content (AvgIpc) is 2.52. The van der Waals surface area contributed by atoms with E-state index < -0.39 is 30.4 Å². The van der Waals surface area contributed by atoms with Gasteiger partial charge in [-0.15, -0.1) is 0 Å². The zero-order valence-corrected chi connectivity index (χ0v) is 13.5. The van der Waals surface area contributed by atoms with Gasteiger partial charge in [0.05, 0.1) is 11.3 Å². The van der Waals surface area contributed by atoms with Crippen molar-refractivity contribution in [3.63, 3.8) is 0 Å². The monoisotopic (exact) mass is 397 g/mol. The number of carbonyl (C=O) groups is 1. The van der Waals surface area contributed by atoms with Gasteiger partial charge in [0.15, 0.2) is 6.61 Å². The Morgan fingerprint density at radius 1 is 1.00 bits per heavy atom. The van der Waals surface area contributed by atoms with Crippen molar-refractivity contribution in [2.45, 2.75) is 12.4 Å². The molecule has 2 aromatic carbocycles. The first-order valence-corrected chi connectivity index (χ1v) is 7.31. The maximum absolute atomic E-state index is 12.5. The van der Waals surface area contributed by atoms with Crippen LogP contribution in [0.25, 0.3) is 0 Å². The summed E-state index contributed by atoms with van der Waals surface area (Å²) in [7, 11) is 0. The standard InChI is InChI=1S/C16H10ClF6NO2/c17-11-5-6-13(26-8-15(18,19)20)12(7-11)24-14(25)9-1-3-10(4-2-9)16(21,22)23/h1-7H,8H2,(H,24,25). The largest absolute Gasteiger partial charge is 0.482 e. The minimum atomic E-state index is -4.59. The first-order valence-electron chi connectivity index (χ1n) is 6.93. The summed E-state index contributed by atoms with van der Waals surface area (Å²) in [6.45, 7) is -1.59. The third-order valence-electron chi connectivity index (χ3n) is 3.06. The molecule has 3 nitrogen and oxygen atoms in total. The Labute approximate surface area is 148 Å². The van der Waals surface area contributed by atoms with Gasteiger partial charge in [-0.3, -0.25) is 4.79 Å². The lowest BCUT2D eigenvalue weighted by Gasteiger charge is -2.14. The molecule has 0 saturated carbocycles. The van der Waals surface area contributed by atoms with E-state index in [0.29, 0.717) is 12.1 Å². The normalized spacial score (nSPS) is 12.0. The Morgan fingerprint density at radius 3 is 2.15 bits per heavy atom. The molecule has 26 heavy (non-hydrogen) atoms. The van der Waals surface area contributed by atoms with Gasteiger partial charge >= 0.3 is 12.4 Å². The van der Waals surface area contributed by atoms with Crippen molar-refractivity contribution in [3.05, 3.63) is 58.6 Å². The fourth-order valence-electron chi connectivity index (χ4n) is 1.89. The molecule has 0 unspecified atom stereocenters. The Kier molecular flexibility index (Phi) is 5.70. The van der Waals surface area contributed by atoms with Gasteiger partial charge < -0.3 is 10.1 Å². The van der Waals surface area contributed by atoms with Gasteiger partial charge in [-0.05, 0) is 42.5 Å². The molecule has 0 saturated heterocycles. The number of ether oxygens (including phenoxy) is 1. The minimum absolute atomic E-state index is 0.118. The van der Waals surface area contributed by atoms with Crippen molar-refractivity contribution in [3.8, 4) is 5.75 Å². The molecule has 1 amide bonds. The summed E-state index contributed by atoms with van der Waals surface area (Å²) in [5, 5.41) is 2.38. The number of alkyl halides is 6. The lowest BCUT2D eigenvalue weighted by Crippen LogP contribution is -2.20. The van der Waals surface area contributed by atoms with Crippen LogP contribution in [-0.4, -0.2) is 18.7 Å². The highest BCUT2D eigenvalue weighted by atomic mass is 35.5. The summed E-state index contributed by atoms with van der Waals surface area (Å²) in [6.07, 6.45) is -9.14. The van der Waals surface area contributed by atoms with Crippen molar-refractivity contribution in [1.82, 2.24) is 0 Å². The first-order chi connectivity index (χ1) is 12.0. The quantitative estimate of drug-likeness (QED) is 0.687. The summed E-state index contributed by atoms with van der Waals surface area (Å²) >= 11 is 5.75. The number of carbonyl (C=O) groups excluding carboxylic acids is 1. The van der Waals surface area contributed by atoms with Crippen LogP contribution in [0.1, 0.15) is 15.9 Å². The summed E-state index contributed by atoms with van der Waals surface area (Å²) < 4.78 is 79.0. The number of anilines is 1. The van der Waals surface area contributed by atoms with Crippen LogP contribution >= 0.6 is 11.6 Å². The molecule has 10 heteroatoms. The molecule has 0 aliphatic carbocycles. The Hall–Kier alpha value is -2.42. The highest BCUT2D eigenvalue weighted by Gasteiger charge is 2.30. The predicted molar refractivity (Wildman–Crippen MR) is 82.4 cm³/mol. The lowest BCUT2D eigenvalue weighted by molar-refractivity contribution is -0.153. The zero-order chi connectivity index (χ0) is 19.5. The molecule has 140 valence electrons. The van der Waals surface area contributed by atoms with Gasteiger partial charge in [-0.25, -0.2) is 0 Å². The summed E-state index contributed by atoms with van der Waals surface area (Å²) in [4.78, 5) is 12.1. The van der Waals surface area contributed by atoms with Gasteiger partial charge in [0.25, 0.3) is 5.91 Å². The molecule has 2 rings (SSSR count). The van der Waals surface area contributed by atoms with Crippen molar-refractivity contribution < 1.29 is 35.9 Å². The molecule has 2 aromatic rings. The number of benzene rings is 2. The van der Waals surface area contributed by atoms with E-state index >= 15 is 0 Å². The zero-order valence-electron chi connectivity index (χ0n) is 12.7. The van der Waals surface area contributed by atoms with E-state index in [-0.39, 0.29) is 22.0 Å². The Bertz CT molecular complexity index is 787. The van der Waals surface area contributed by atoms with E-state index in [2.05, 4.69) is 10.1 Å². The lowest BCUT2D eigenvalue weighted by atomic mass is 10.1. The van der Waals surface area contributed by atoms with Crippen LogP contribution in [-0.2, 0) is 6.18 Å². The van der Waals surface area contributed by atoms with Gasteiger partial charge in [-0.1, -0.05) is 11.6 Å². The molecular formula is C16H10ClF6NO2. The molecule has 0 aliphatic heterocycles. The molecule has 0 fully saturated rings. The Morgan fingerprint density at radius 2 is 1.62 bits per heavy atom. The second-order valence-corrected chi connectivity index (χ2v) is 5.51. The average molecular weight is 398 g/mol. The van der Waals surface area contributed by atoms with Crippen LogP contribution in [0.15, 0.2) is 42.5 Å². The highest BCUT2D eigenvalue weighted by molar-refractivity contribution is 6.31. The second kappa shape index (κ2) is 7.45. The smallest absolute Gasteiger partial charge is 0.422 e. The van der Waals surface area contributed by atoms with Crippen LogP contribution in [0.3, 0.4) is 0 Å². The fourth-order valence-corrected chi connectivity index (χ4v) is 2.06. The molecule has 0 atom stereocenters. The van der Waals surface area contributed by atoms with Crippen LogP contribution < -0.4 is 10.1 Å². The summed E-state index contributed by atoms with van der Waals surface area (Å²) in [6, 6.07) is 6.88. The topological polar surface area (TPSA) is 38.3 Å². The van der Waals surface area contributed by atoms with Crippen LogP contribution in [0.4, 0.5) is 32.0 Å². The summed E-state index contributed by atoms with van der Waals surface area (Å²) in [5.74, 6) is -1.12. The predicted octanol–water partition coefficient (Wildman–Crippen LogP) is 5.55. The van der Waals surface area contributed by atoms with Crippen molar-refractivity contribution in [2.24, 2.45) is 0 Å². The highest BCUT2D eigenvalue weighted by Crippen LogP contribution is 2.31. The van der Waals surface area contributed by atoms with E-state index in [1.807, 2.05) is 0 Å². The van der Waals surface area contributed by atoms with Gasteiger partial charge in [-0.2, -0.15) is 26.3 Å². The second-order valence-electron chi connectivity index (χ2n) is 5.07. The van der Waals surface area contributed by atoms with Gasteiger partial charge in [0.1, 0.15) is 5.75 Å². The Balaban J connectivity index is 2.19. The van der Waals surface area contributed by atoms with Crippen molar-refractivity contribution in [1.29, 1.82) is 0 Å². The van der Waals surface area contributed by atoms with Crippen LogP contribution in [0, 0.1) is 0 Å². The number of hydrogen-bond donors (Lipinski definition) is 1. The third-order valence-corrected chi connectivity index (χ3v) is 3.29. The van der Waals surface area contributed by atoms with Crippen molar-refractivity contribution >= 4 is 23.2 Å². The van der Waals surface area contributed by atoms with Gasteiger partial charge in [0, 0.05) is 10.6 Å². The molecule has 1 N–H and O–H groups in total. The van der Waals surface area contributed by atoms with Crippen LogP contribution in [0.2, 0.25) is 5.02 Å². The molecule has 0 aliphatic rings. The third kappa shape index (κ3) is 5.55. The molecule has 0 heterocycles. The molecule has 0 bridgehead atoms. The van der Waals surface area contributed by atoms with Gasteiger partial charge in [0.2, 0.25) is 0 Å². The number of nitrogens with one attached hydrogen (secondary N) is 1. The van der Waals surface area contributed by atoms with E-state index in [1.54, 1.807) is 0 Å².